The van der Waals surface area contributed by atoms with E-state index < -0.39 is 77.2 Å². The second-order valence-corrected chi connectivity index (χ2v) is 9.94. The van der Waals surface area contributed by atoms with Crippen molar-refractivity contribution in [1.82, 2.24) is 5.32 Å². The SMILES string of the molecule is CC[C@H](C)[C@H](N[C@@H]1C(C)C(=O)[C@@H](O)[C@@]2(CO)[C@@H]1O[C@@H]1[C@H](O)C[C@@]2(C)[C@]12CO2)C(=O)O. The van der Waals surface area contributed by atoms with Crippen molar-refractivity contribution >= 4 is 11.8 Å². The topological polar surface area (TPSA) is 149 Å². The molecule has 2 aliphatic heterocycles. The number of rotatable bonds is 6. The van der Waals surface area contributed by atoms with Crippen LogP contribution in [-0.4, -0.2) is 87.5 Å². The fourth-order valence-electron chi connectivity index (χ4n) is 6.57. The first kappa shape index (κ1) is 22.1. The third-order valence-electron chi connectivity index (χ3n) is 8.83. The Morgan fingerprint density at radius 3 is 2.47 bits per heavy atom. The zero-order valence-electron chi connectivity index (χ0n) is 17.9. The van der Waals surface area contributed by atoms with Gasteiger partial charge in [-0.15, -0.1) is 0 Å². The minimum Gasteiger partial charge on any atom is -0.480 e. The van der Waals surface area contributed by atoms with Crippen molar-refractivity contribution in [2.75, 3.05) is 13.2 Å². The van der Waals surface area contributed by atoms with E-state index in [1.165, 1.54) is 0 Å². The van der Waals surface area contributed by atoms with Gasteiger partial charge in [-0.2, -0.15) is 0 Å². The smallest absolute Gasteiger partial charge is 0.320 e. The average molecular weight is 427 g/mol. The van der Waals surface area contributed by atoms with Gasteiger partial charge in [0.15, 0.2) is 5.78 Å². The molecule has 9 nitrogen and oxygen atoms in total. The highest BCUT2D eigenvalue weighted by molar-refractivity contribution is 5.88. The van der Waals surface area contributed by atoms with Crippen LogP contribution < -0.4 is 5.32 Å². The Morgan fingerprint density at radius 1 is 1.33 bits per heavy atom. The Hall–Kier alpha value is -1.10. The van der Waals surface area contributed by atoms with Crippen molar-refractivity contribution in [2.24, 2.45) is 22.7 Å². The zero-order valence-corrected chi connectivity index (χ0v) is 17.9. The van der Waals surface area contributed by atoms with Crippen LogP contribution in [-0.2, 0) is 19.1 Å². The first-order valence-electron chi connectivity index (χ1n) is 10.8. The van der Waals surface area contributed by atoms with Gasteiger partial charge in [0.1, 0.15) is 23.9 Å². The number of carboxylic acid groups (broad SMARTS) is 1. The molecule has 170 valence electrons. The molecule has 0 aromatic carbocycles. The predicted molar refractivity (Wildman–Crippen MR) is 104 cm³/mol. The molecule has 0 aromatic rings. The lowest BCUT2D eigenvalue weighted by atomic mass is 9.48. The molecule has 11 atom stereocenters. The summed E-state index contributed by atoms with van der Waals surface area (Å²) in [4.78, 5) is 25.1. The number of carbonyl (C=O) groups excluding carboxylic acids is 1. The number of ether oxygens (including phenoxy) is 2. The molecule has 2 saturated carbocycles. The summed E-state index contributed by atoms with van der Waals surface area (Å²) in [6.07, 6.45) is -3.06. The Morgan fingerprint density at radius 2 is 1.97 bits per heavy atom. The lowest BCUT2D eigenvalue weighted by Crippen LogP contribution is -2.78. The standard InChI is InChI=1S/C21H33NO8/c1-5-9(2)12(18(27)28)22-13-10(3)14(25)15(26)20(7-23)17(13)30-16-11(24)6-19(20,4)21(16)8-29-21/h9-13,15-17,22-24,26H,5-8H2,1-4H3,(H,27,28)/t9-,10?,11+,12-,13+,15+,16+,17+,19+,20-,21-/m0/s1. The number of aliphatic carboxylic acids is 1. The largest absolute Gasteiger partial charge is 0.480 e. The van der Waals surface area contributed by atoms with Crippen LogP contribution in [0.2, 0.25) is 0 Å². The van der Waals surface area contributed by atoms with Crippen LogP contribution in [0.4, 0.5) is 0 Å². The quantitative estimate of drug-likeness (QED) is 0.347. The number of nitrogens with one attached hydrogen (secondary N) is 1. The molecular weight excluding hydrogens is 394 g/mol. The highest BCUT2D eigenvalue weighted by Gasteiger charge is 2.84. The van der Waals surface area contributed by atoms with Crippen LogP contribution in [0.5, 0.6) is 0 Å². The van der Waals surface area contributed by atoms with Gasteiger partial charge in [0.2, 0.25) is 0 Å². The summed E-state index contributed by atoms with van der Waals surface area (Å²) in [5.41, 5.74) is -3.19. The van der Waals surface area contributed by atoms with Crippen molar-refractivity contribution in [3.63, 3.8) is 0 Å². The van der Waals surface area contributed by atoms with Gasteiger partial charge in [0.25, 0.3) is 0 Å². The number of carboxylic acids is 1. The van der Waals surface area contributed by atoms with Gasteiger partial charge < -0.3 is 29.9 Å². The van der Waals surface area contributed by atoms with Gasteiger partial charge in [-0.05, 0) is 12.3 Å². The van der Waals surface area contributed by atoms with E-state index >= 15 is 0 Å². The highest BCUT2D eigenvalue weighted by Crippen LogP contribution is 2.71. The van der Waals surface area contributed by atoms with E-state index in [0.29, 0.717) is 13.0 Å². The third kappa shape index (κ3) is 2.45. The van der Waals surface area contributed by atoms with Crippen molar-refractivity contribution in [3.05, 3.63) is 0 Å². The van der Waals surface area contributed by atoms with E-state index in [2.05, 4.69) is 5.32 Å². The normalized spacial score (nSPS) is 51.5. The molecule has 0 aromatic heterocycles. The van der Waals surface area contributed by atoms with Crippen LogP contribution in [0.1, 0.15) is 40.5 Å². The Kier molecular flexibility index (Phi) is 5.12. The monoisotopic (exact) mass is 427 g/mol. The van der Waals surface area contributed by atoms with E-state index in [1.54, 1.807) is 6.92 Å². The van der Waals surface area contributed by atoms with E-state index in [0.717, 1.165) is 0 Å². The number of hydrogen-bond donors (Lipinski definition) is 5. The maximum atomic E-state index is 13.2. The lowest BCUT2D eigenvalue weighted by molar-refractivity contribution is -0.276. The van der Waals surface area contributed by atoms with E-state index in [1.807, 2.05) is 20.8 Å². The summed E-state index contributed by atoms with van der Waals surface area (Å²) in [5.74, 6) is -2.44. The van der Waals surface area contributed by atoms with Gasteiger partial charge >= 0.3 is 5.97 Å². The van der Waals surface area contributed by atoms with Crippen molar-refractivity contribution in [3.8, 4) is 0 Å². The Balaban J connectivity index is 1.81. The van der Waals surface area contributed by atoms with Crippen LogP contribution in [0, 0.1) is 22.7 Å². The number of carbonyl (C=O) groups is 2. The van der Waals surface area contributed by atoms with E-state index in [-0.39, 0.29) is 12.3 Å². The number of hydrogen-bond acceptors (Lipinski definition) is 8. The van der Waals surface area contributed by atoms with E-state index in [9.17, 15) is 30.0 Å². The summed E-state index contributed by atoms with van der Waals surface area (Å²) in [6.45, 7) is 6.96. The molecule has 4 rings (SSSR count). The third-order valence-corrected chi connectivity index (χ3v) is 8.83. The molecular formula is C21H33NO8. The number of aliphatic hydroxyl groups excluding tert-OH is 3. The predicted octanol–water partition coefficient (Wildman–Crippen LogP) is -0.690. The molecule has 2 bridgehead atoms. The van der Waals surface area contributed by atoms with Gasteiger partial charge in [-0.25, -0.2) is 0 Å². The van der Waals surface area contributed by atoms with Crippen molar-refractivity contribution in [2.45, 2.75) is 82.6 Å². The molecule has 2 aliphatic carbocycles. The van der Waals surface area contributed by atoms with Crippen molar-refractivity contribution < 1.29 is 39.5 Å². The Bertz CT molecular complexity index is 741. The van der Waals surface area contributed by atoms with Crippen molar-refractivity contribution in [1.29, 1.82) is 0 Å². The van der Waals surface area contributed by atoms with Crippen LogP contribution in [0.15, 0.2) is 0 Å². The molecule has 1 unspecified atom stereocenters. The highest BCUT2D eigenvalue weighted by atomic mass is 16.6. The van der Waals surface area contributed by atoms with Gasteiger partial charge in [0.05, 0.1) is 30.8 Å². The fourth-order valence-corrected chi connectivity index (χ4v) is 6.57. The molecule has 30 heavy (non-hydrogen) atoms. The summed E-state index contributed by atoms with van der Waals surface area (Å²) in [5, 5.41) is 45.4. The molecule has 5 N–H and O–H groups in total. The molecule has 4 aliphatic rings. The molecule has 4 fully saturated rings. The second-order valence-electron chi connectivity index (χ2n) is 9.94. The maximum Gasteiger partial charge on any atom is 0.320 e. The van der Waals surface area contributed by atoms with Gasteiger partial charge in [-0.1, -0.05) is 34.1 Å². The number of Topliss-reactive ketones (excluding diaryl/α,β-unsaturated/α-hetero) is 1. The zero-order chi connectivity index (χ0) is 22.2. The fraction of sp³-hybridized carbons (Fsp3) is 0.905. The number of aliphatic hydroxyl groups is 3. The minimum absolute atomic E-state index is 0.209. The molecule has 9 heteroatoms. The molecule has 2 saturated heterocycles. The average Bonchev–Trinajstić information content (AvgIpc) is 3.47. The lowest BCUT2D eigenvalue weighted by Gasteiger charge is -2.62. The van der Waals surface area contributed by atoms with Crippen LogP contribution in [0.25, 0.3) is 0 Å². The molecule has 0 radical (unpaired) electrons. The van der Waals surface area contributed by atoms with E-state index in [4.69, 9.17) is 9.47 Å². The number of epoxide rings is 1. The molecule has 0 amide bonds. The van der Waals surface area contributed by atoms with Crippen LogP contribution >= 0.6 is 0 Å². The first-order chi connectivity index (χ1) is 14.0. The number of fused-ring (bicyclic) bond motifs is 2. The number of ketones is 1. The summed E-state index contributed by atoms with van der Waals surface area (Å²) >= 11 is 0. The molecule has 1 spiro atoms. The van der Waals surface area contributed by atoms with Gasteiger partial charge in [-0.3, -0.25) is 14.9 Å². The van der Waals surface area contributed by atoms with Gasteiger partial charge in [0, 0.05) is 17.4 Å². The Labute approximate surface area is 175 Å². The maximum absolute atomic E-state index is 13.2. The summed E-state index contributed by atoms with van der Waals surface area (Å²) in [7, 11) is 0. The van der Waals surface area contributed by atoms with Crippen LogP contribution in [0.3, 0.4) is 0 Å². The minimum atomic E-state index is -1.51. The molecule has 2 heterocycles. The summed E-state index contributed by atoms with van der Waals surface area (Å²) < 4.78 is 12.1. The second kappa shape index (κ2) is 6.95. The summed E-state index contributed by atoms with van der Waals surface area (Å²) in [6, 6.07) is -1.67. The first-order valence-corrected chi connectivity index (χ1v) is 10.8.